The largest absolute Gasteiger partial charge is 0.487 e. The second-order valence-electron chi connectivity index (χ2n) is 6.99. The van der Waals surface area contributed by atoms with E-state index in [0.29, 0.717) is 43.8 Å². The number of amides is 1. The van der Waals surface area contributed by atoms with E-state index in [0.717, 1.165) is 0 Å². The number of rotatable bonds is 2. The summed E-state index contributed by atoms with van der Waals surface area (Å²) in [6, 6.07) is 9.95. The van der Waals surface area contributed by atoms with Crippen molar-refractivity contribution in [2.75, 3.05) is 19.6 Å². The number of sulfonamides is 1. The molecule has 0 N–H and O–H groups in total. The summed E-state index contributed by atoms with van der Waals surface area (Å²) in [7, 11) is -3.65. The standard InChI is InChI=1S/C20H23N3O4S/c1-2-23-16-9-12-22(20(24)15-6-5-11-21-14-15)13-10-17(16)27-18-7-3-4-8-19(18)28(23,25)26/h3-8,11,14,16-17H,2,9-10,12-13H2,1H3/t16-,17-/m0/s1. The molecule has 2 aliphatic heterocycles. The van der Waals surface area contributed by atoms with Gasteiger partial charge in [0.2, 0.25) is 10.0 Å². The van der Waals surface area contributed by atoms with E-state index in [1.807, 2.05) is 6.92 Å². The Labute approximate surface area is 165 Å². The number of nitrogens with zero attached hydrogens (tertiary/aromatic N) is 3. The number of pyridine rings is 1. The molecule has 1 aromatic heterocycles. The van der Waals surface area contributed by atoms with E-state index in [1.54, 1.807) is 53.7 Å². The molecule has 148 valence electrons. The van der Waals surface area contributed by atoms with Crippen LogP contribution in [0.2, 0.25) is 0 Å². The van der Waals surface area contributed by atoms with Crippen LogP contribution in [0.15, 0.2) is 53.7 Å². The highest BCUT2D eigenvalue weighted by atomic mass is 32.2. The molecular weight excluding hydrogens is 378 g/mol. The zero-order valence-corrected chi connectivity index (χ0v) is 16.5. The number of carbonyl (C=O) groups excluding carboxylic acids is 1. The summed E-state index contributed by atoms with van der Waals surface area (Å²) in [5, 5.41) is 0. The fraction of sp³-hybridized carbons (Fsp3) is 0.400. The first kappa shape index (κ1) is 18.9. The van der Waals surface area contributed by atoms with Crippen molar-refractivity contribution >= 4 is 15.9 Å². The van der Waals surface area contributed by atoms with Crippen LogP contribution in [0.1, 0.15) is 30.1 Å². The zero-order valence-electron chi connectivity index (χ0n) is 15.7. The first-order valence-electron chi connectivity index (χ1n) is 9.49. The van der Waals surface area contributed by atoms with Crippen molar-refractivity contribution in [1.82, 2.24) is 14.2 Å². The molecular formula is C20H23N3O4S. The molecule has 1 saturated heterocycles. The molecule has 8 heteroatoms. The highest BCUT2D eigenvalue weighted by Gasteiger charge is 2.42. The molecule has 4 rings (SSSR count). The summed E-state index contributed by atoms with van der Waals surface area (Å²) >= 11 is 0. The van der Waals surface area contributed by atoms with E-state index < -0.39 is 10.0 Å². The number of ether oxygens (including phenoxy) is 1. The smallest absolute Gasteiger partial charge is 0.255 e. The molecule has 2 aromatic rings. The van der Waals surface area contributed by atoms with Crippen molar-refractivity contribution in [3.63, 3.8) is 0 Å². The lowest BCUT2D eigenvalue weighted by Gasteiger charge is -2.30. The highest BCUT2D eigenvalue weighted by Crippen LogP contribution is 2.36. The van der Waals surface area contributed by atoms with Gasteiger partial charge in [0.1, 0.15) is 16.7 Å². The SMILES string of the molecule is CCN1[C@H]2CCN(C(=O)c3cccnc3)CC[C@@H]2Oc2ccccc2S1(=O)=O. The van der Waals surface area contributed by atoms with E-state index in [-0.39, 0.29) is 22.9 Å². The molecule has 0 aliphatic carbocycles. The maximum Gasteiger partial charge on any atom is 0.255 e. The van der Waals surface area contributed by atoms with Crippen LogP contribution in [0.3, 0.4) is 0 Å². The minimum Gasteiger partial charge on any atom is -0.487 e. The van der Waals surface area contributed by atoms with Gasteiger partial charge in [-0.2, -0.15) is 4.31 Å². The quantitative estimate of drug-likeness (QED) is 0.770. The molecule has 0 radical (unpaired) electrons. The Morgan fingerprint density at radius 2 is 1.96 bits per heavy atom. The van der Waals surface area contributed by atoms with Crippen molar-refractivity contribution in [2.24, 2.45) is 0 Å². The molecule has 1 aromatic carbocycles. The van der Waals surface area contributed by atoms with Gasteiger partial charge >= 0.3 is 0 Å². The van der Waals surface area contributed by atoms with Crippen LogP contribution < -0.4 is 4.74 Å². The van der Waals surface area contributed by atoms with Crippen molar-refractivity contribution in [2.45, 2.75) is 36.8 Å². The van der Waals surface area contributed by atoms with Crippen molar-refractivity contribution in [3.05, 3.63) is 54.4 Å². The zero-order chi connectivity index (χ0) is 19.7. The van der Waals surface area contributed by atoms with Crippen molar-refractivity contribution in [3.8, 4) is 5.75 Å². The Bertz CT molecular complexity index is 964. The molecule has 2 atom stereocenters. The van der Waals surface area contributed by atoms with Gasteiger partial charge in [-0.3, -0.25) is 9.78 Å². The molecule has 0 bridgehead atoms. The lowest BCUT2D eigenvalue weighted by molar-refractivity contribution is 0.0754. The Morgan fingerprint density at radius 3 is 2.71 bits per heavy atom. The van der Waals surface area contributed by atoms with Gasteiger partial charge in [0.05, 0.1) is 11.6 Å². The third-order valence-corrected chi connectivity index (χ3v) is 7.44. The number of hydrogen-bond acceptors (Lipinski definition) is 5. The van der Waals surface area contributed by atoms with Gasteiger partial charge in [0.15, 0.2) is 0 Å². The minimum absolute atomic E-state index is 0.0872. The first-order chi connectivity index (χ1) is 13.5. The van der Waals surface area contributed by atoms with Gasteiger partial charge in [0.25, 0.3) is 5.91 Å². The Balaban J connectivity index is 1.64. The van der Waals surface area contributed by atoms with Crippen LogP contribution in [0.5, 0.6) is 5.75 Å². The molecule has 1 amide bonds. The number of likely N-dealkylation sites (N-methyl/N-ethyl adjacent to an activating group) is 1. The van der Waals surface area contributed by atoms with Crippen LogP contribution in [-0.4, -0.2) is 60.3 Å². The molecule has 1 fully saturated rings. The Hall–Kier alpha value is -2.45. The fourth-order valence-corrected chi connectivity index (χ4v) is 5.85. The molecule has 7 nitrogen and oxygen atoms in total. The molecule has 0 saturated carbocycles. The van der Waals surface area contributed by atoms with Crippen LogP contribution in [-0.2, 0) is 10.0 Å². The molecule has 0 spiro atoms. The summed E-state index contributed by atoms with van der Waals surface area (Å²) in [5.74, 6) is 0.302. The number of benzene rings is 1. The third-order valence-electron chi connectivity index (χ3n) is 5.40. The number of fused-ring (bicyclic) bond motifs is 2. The molecule has 28 heavy (non-hydrogen) atoms. The van der Waals surface area contributed by atoms with Crippen LogP contribution in [0.4, 0.5) is 0 Å². The lowest BCUT2D eigenvalue weighted by Crippen LogP contribution is -2.47. The van der Waals surface area contributed by atoms with Gasteiger partial charge in [-0.1, -0.05) is 19.1 Å². The third kappa shape index (κ3) is 3.27. The number of carbonyl (C=O) groups is 1. The molecule has 2 aliphatic rings. The normalized spacial score (nSPS) is 24.2. The maximum atomic E-state index is 13.2. The van der Waals surface area contributed by atoms with Crippen molar-refractivity contribution in [1.29, 1.82) is 0 Å². The topological polar surface area (TPSA) is 79.8 Å². The average Bonchev–Trinajstić information content (AvgIpc) is 2.96. The summed E-state index contributed by atoms with van der Waals surface area (Å²) in [4.78, 5) is 18.8. The van der Waals surface area contributed by atoms with Crippen LogP contribution >= 0.6 is 0 Å². The van der Waals surface area contributed by atoms with E-state index in [4.69, 9.17) is 4.74 Å². The summed E-state index contributed by atoms with van der Waals surface area (Å²) < 4.78 is 34.1. The van der Waals surface area contributed by atoms with Crippen LogP contribution in [0.25, 0.3) is 0 Å². The fourth-order valence-electron chi connectivity index (χ4n) is 4.04. The lowest BCUT2D eigenvalue weighted by atomic mass is 10.1. The minimum atomic E-state index is -3.65. The van der Waals surface area contributed by atoms with Gasteiger partial charge in [-0.15, -0.1) is 0 Å². The number of likely N-dealkylation sites (tertiary alicyclic amines) is 1. The van der Waals surface area contributed by atoms with E-state index in [1.165, 1.54) is 4.31 Å². The average molecular weight is 401 g/mol. The predicted molar refractivity (Wildman–Crippen MR) is 104 cm³/mol. The second-order valence-corrected chi connectivity index (χ2v) is 8.85. The summed E-state index contributed by atoms with van der Waals surface area (Å²) in [6.07, 6.45) is 3.98. The van der Waals surface area contributed by atoms with Gasteiger partial charge in [-0.25, -0.2) is 8.42 Å². The molecule has 0 unspecified atom stereocenters. The Kier molecular flexibility index (Phi) is 5.07. The highest BCUT2D eigenvalue weighted by molar-refractivity contribution is 7.89. The second kappa shape index (κ2) is 7.52. The summed E-state index contributed by atoms with van der Waals surface area (Å²) in [5.41, 5.74) is 0.538. The number of para-hydroxylation sites is 1. The van der Waals surface area contributed by atoms with E-state index in [9.17, 15) is 13.2 Å². The first-order valence-corrected chi connectivity index (χ1v) is 10.9. The summed E-state index contributed by atoms with van der Waals surface area (Å²) in [6.45, 7) is 3.18. The van der Waals surface area contributed by atoms with E-state index >= 15 is 0 Å². The van der Waals surface area contributed by atoms with Gasteiger partial charge in [0, 0.05) is 38.4 Å². The number of hydrogen-bond donors (Lipinski definition) is 0. The number of aromatic nitrogens is 1. The predicted octanol–water partition coefficient (Wildman–Crippen LogP) is 2.16. The van der Waals surface area contributed by atoms with Crippen LogP contribution in [0, 0.1) is 0 Å². The van der Waals surface area contributed by atoms with E-state index in [2.05, 4.69) is 4.98 Å². The Morgan fingerprint density at radius 1 is 1.18 bits per heavy atom. The maximum absolute atomic E-state index is 13.2. The van der Waals surface area contributed by atoms with Crippen molar-refractivity contribution < 1.29 is 17.9 Å². The monoisotopic (exact) mass is 401 g/mol. The molecule has 3 heterocycles. The van der Waals surface area contributed by atoms with Gasteiger partial charge in [-0.05, 0) is 30.7 Å². The van der Waals surface area contributed by atoms with Gasteiger partial charge < -0.3 is 9.64 Å².